The summed E-state index contributed by atoms with van der Waals surface area (Å²) in [6.45, 7) is 1.75. The van der Waals surface area contributed by atoms with Crippen molar-refractivity contribution in [1.29, 1.82) is 0 Å². The van der Waals surface area contributed by atoms with Crippen LogP contribution in [0.5, 0.6) is 0 Å². The summed E-state index contributed by atoms with van der Waals surface area (Å²) in [5.74, 6) is -0.474. The molecule has 52 valence electrons. The molecule has 0 bridgehead atoms. The third-order valence-electron chi connectivity index (χ3n) is 1.06. The summed E-state index contributed by atoms with van der Waals surface area (Å²) >= 11 is 0. The quantitative estimate of drug-likeness (QED) is 0.586. The lowest BCUT2D eigenvalue weighted by atomic mass is 10.2. The Labute approximate surface area is 58.1 Å². The van der Waals surface area contributed by atoms with Crippen molar-refractivity contribution in [2.45, 2.75) is 6.92 Å². The molecule has 0 atom stereocenters. The van der Waals surface area contributed by atoms with E-state index >= 15 is 0 Å². The number of hydrogen-bond donors (Lipinski definition) is 1. The molecule has 1 aromatic rings. The molecule has 1 amide bonds. The van der Waals surface area contributed by atoms with E-state index < -0.39 is 5.91 Å². The molecule has 0 saturated carbocycles. The summed E-state index contributed by atoms with van der Waals surface area (Å²) in [6, 6.07) is 1.59. The largest absolute Gasteiger partial charge is 0.366 e. The van der Waals surface area contributed by atoms with Crippen LogP contribution in [0, 0.1) is 6.92 Å². The molecule has 0 aliphatic heterocycles. The lowest BCUT2D eigenvalue weighted by molar-refractivity contribution is 0.0999. The molecule has 1 rings (SSSR count). The average molecular weight is 137 g/mol. The van der Waals surface area contributed by atoms with E-state index in [4.69, 9.17) is 5.73 Å². The van der Waals surface area contributed by atoms with Gasteiger partial charge in [-0.2, -0.15) is 10.2 Å². The molecule has 0 aromatic carbocycles. The van der Waals surface area contributed by atoms with E-state index in [1.807, 2.05) is 0 Å². The van der Waals surface area contributed by atoms with Gasteiger partial charge in [0.05, 0.1) is 17.5 Å². The highest BCUT2D eigenvalue weighted by Crippen LogP contribution is 1.95. The molecular formula is C6H7N3O. The number of carbonyl (C=O) groups excluding carboxylic acids is 1. The Balaban J connectivity index is 3.07. The van der Waals surface area contributed by atoms with Crippen LogP contribution in [0.25, 0.3) is 0 Å². The van der Waals surface area contributed by atoms with Crippen LogP contribution in [0.15, 0.2) is 12.3 Å². The van der Waals surface area contributed by atoms with Crippen LogP contribution in [-0.2, 0) is 0 Å². The van der Waals surface area contributed by atoms with E-state index in [1.165, 1.54) is 6.20 Å². The van der Waals surface area contributed by atoms with Crippen molar-refractivity contribution in [3.05, 3.63) is 23.5 Å². The summed E-state index contributed by atoms with van der Waals surface area (Å²) in [5, 5.41) is 7.22. The lowest BCUT2D eigenvalue weighted by Crippen LogP contribution is -2.11. The molecule has 0 spiro atoms. The molecule has 0 aliphatic carbocycles. The molecule has 0 aliphatic rings. The van der Waals surface area contributed by atoms with E-state index in [0.29, 0.717) is 11.3 Å². The summed E-state index contributed by atoms with van der Waals surface area (Å²) < 4.78 is 0. The number of aromatic nitrogens is 2. The third-order valence-corrected chi connectivity index (χ3v) is 1.06. The highest BCUT2D eigenvalue weighted by Gasteiger charge is 1.99. The molecular weight excluding hydrogens is 130 g/mol. The van der Waals surface area contributed by atoms with E-state index in [-0.39, 0.29) is 0 Å². The molecule has 4 heteroatoms. The van der Waals surface area contributed by atoms with E-state index in [2.05, 4.69) is 10.2 Å². The number of rotatable bonds is 1. The van der Waals surface area contributed by atoms with Crippen LogP contribution in [0.2, 0.25) is 0 Å². The predicted octanol–water partition coefficient (Wildman–Crippen LogP) is -0.116. The number of primary amides is 1. The Morgan fingerprint density at radius 2 is 2.40 bits per heavy atom. The van der Waals surface area contributed by atoms with Crippen molar-refractivity contribution in [1.82, 2.24) is 10.2 Å². The molecule has 2 N–H and O–H groups in total. The normalized spacial score (nSPS) is 9.30. The Kier molecular flexibility index (Phi) is 1.62. The number of amides is 1. The van der Waals surface area contributed by atoms with Gasteiger partial charge >= 0.3 is 0 Å². The van der Waals surface area contributed by atoms with Crippen molar-refractivity contribution in [3.8, 4) is 0 Å². The van der Waals surface area contributed by atoms with Gasteiger partial charge in [-0.3, -0.25) is 4.79 Å². The van der Waals surface area contributed by atoms with Crippen LogP contribution in [0.3, 0.4) is 0 Å². The summed E-state index contributed by atoms with van der Waals surface area (Å²) in [7, 11) is 0. The number of nitrogens with zero attached hydrogens (tertiary/aromatic N) is 2. The van der Waals surface area contributed by atoms with E-state index in [9.17, 15) is 4.79 Å². The Morgan fingerprint density at radius 1 is 1.70 bits per heavy atom. The van der Waals surface area contributed by atoms with Crippen LogP contribution >= 0.6 is 0 Å². The van der Waals surface area contributed by atoms with Gasteiger partial charge in [0, 0.05) is 0 Å². The minimum absolute atomic E-state index is 0.396. The van der Waals surface area contributed by atoms with Gasteiger partial charge in [-0.05, 0) is 13.0 Å². The van der Waals surface area contributed by atoms with Crippen LogP contribution < -0.4 is 5.73 Å². The highest BCUT2D eigenvalue weighted by atomic mass is 16.1. The zero-order valence-electron chi connectivity index (χ0n) is 5.53. The molecule has 1 aromatic heterocycles. The first-order valence-corrected chi connectivity index (χ1v) is 2.79. The fourth-order valence-electron chi connectivity index (χ4n) is 0.608. The van der Waals surface area contributed by atoms with Crippen molar-refractivity contribution in [2.24, 2.45) is 5.73 Å². The number of nitrogens with two attached hydrogens (primary N) is 1. The first-order valence-electron chi connectivity index (χ1n) is 2.79. The number of hydrogen-bond acceptors (Lipinski definition) is 3. The van der Waals surface area contributed by atoms with Crippen LogP contribution in [-0.4, -0.2) is 16.1 Å². The molecule has 0 unspecified atom stereocenters. The smallest absolute Gasteiger partial charge is 0.250 e. The van der Waals surface area contributed by atoms with Gasteiger partial charge in [-0.15, -0.1) is 0 Å². The van der Waals surface area contributed by atoms with Gasteiger partial charge in [-0.1, -0.05) is 0 Å². The minimum Gasteiger partial charge on any atom is -0.366 e. The summed E-state index contributed by atoms with van der Waals surface area (Å²) in [5.41, 5.74) is 6.06. The monoisotopic (exact) mass is 137 g/mol. The van der Waals surface area contributed by atoms with E-state index in [0.717, 1.165) is 0 Å². The minimum atomic E-state index is -0.474. The van der Waals surface area contributed by atoms with E-state index in [1.54, 1.807) is 13.0 Å². The van der Waals surface area contributed by atoms with Gasteiger partial charge in [0.1, 0.15) is 0 Å². The SMILES string of the molecule is Cc1cc(C(N)=O)cnn1. The van der Waals surface area contributed by atoms with Crippen molar-refractivity contribution in [3.63, 3.8) is 0 Å². The van der Waals surface area contributed by atoms with Crippen molar-refractivity contribution in [2.75, 3.05) is 0 Å². The van der Waals surface area contributed by atoms with Gasteiger partial charge in [0.25, 0.3) is 0 Å². The highest BCUT2D eigenvalue weighted by molar-refractivity contribution is 5.92. The van der Waals surface area contributed by atoms with Crippen LogP contribution in [0.1, 0.15) is 16.1 Å². The van der Waals surface area contributed by atoms with Crippen molar-refractivity contribution < 1.29 is 4.79 Å². The van der Waals surface area contributed by atoms with Gasteiger partial charge in [0.2, 0.25) is 5.91 Å². The molecule has 10 heavy (non-hydrogen) atoms. The van der Waals surface area contributed by atoms with Gasteiger partial charge < -0.3 is 5.73 Å². The number of carbonyl (C=O) groups is 1. The standard InChI is InChI=1S/C6H7N3O/c1-4-2-5(6(7)10)3-8-9-4/h2-3H,1H3,(H2,7,10). The zero-order chi connectivity index (χ0) is 7.56. The maximum absolute atomic E-state index is 10.5. The molecule has 0 fully saturated rings. The van der Waals surface area contributed by atoms with Gasteiger partial charge in [-0.25, -0.2) is 0 Å². The third kappa shape index (κ3) is 1.28. The molecule has 1 heterocycles. The maximum Gasteiger partial charge on any atom is 0.250 e. The molecule has 0 radical (unpaired) electrons. The molecule has 4 nitrogen and oxygen atoms in total. The topological polar surface area (TPSA) is 68.9 Å². The Bertz CT molecular complexity index is 259. The second-order valence-electron chi connectivity index (χ2n) is 1.95. The molecule has 0 saturated heterocycles. The lowest BCUT2D eigenvalue weighted by Gasteiger charge is -1.92. The maximum atomic E-state index is 10.5. The fourth-order valence-corrected chi connectivity index (χ4v) is 0.608. The Hall–Kier alpha value is -1.45. The summed E-state index contributed by atoms with van der Waals surface area (Å²) in [4.78, 5) is 10.5. The number of aryl methyl sites for hydroxylation is 1. The van der Waals surface area contributed by atoms with Gasteiger partial charge in [0.15, 0.2) is 0 Å². The average Bonchev–Trinajstić information content (AvgIpc) is 1.88. The van der Waals surface area contributed by atoms with Crippen molar-refractivity contribution >= 4 is 5.91 Å². The Morgan fingerprint density at radius 3 is 2.80 bits per heavy atom. The second-order valence-corrected chi connectivity index (χ2v) is 1.95. The fraction of sp³-hybridized carbons (Fsp3) is 0.167. The zero-order valence-corrected chi connectivity index (χ0v) is 5.53. The summed E-state index contributed by atoms with van der Waals surface area (Å²) in [6.07, 6.45) is 1.34. The predicted molar refractivity (Wildman–Crippen MR) is 35.3 cm³/mol. The first kappa shape index (κ1) is 6.67. The van der Waals surface area contributed by atoms with Crippen LogP contribution in [0.4, 0.5) is 0 Å². The second kappa shape index (κ2) is 2.43. The first-order chi connectivity index (χ1) is 4.70.